The van der Waals surface area contributed by atoms with E-state index < -0.39 is 0 Å². The molecule has 0 atom stereocenters. The van der Waals surface area contributed by atoms with Crippen LogP contribution in [0.1, 0.15) is 9.67 Å². The van der Waals surface area contributed by atoms with E-state index >= 15 is 0 Å². The van der Waals surface area contributed by atoms with Crippen LogP contribution in [0.15, 0.2) is 43.1 Å². The van der Waals surface area contributed by atoms with Crippen molar-refractivity contribution in [3.63, 3.8) is 0 Å². The number of carbonyl (C=O) groups excluding carboxylic acids is 1. The van der Waals surface area contributed by atoms with Crippen molar-refractivity contribution in [2.45, 2.75) is 6.04 Å². The van der Waals surface area contributed by atoms with Crippen molar-refractivity contribution in [3.05, 3.63) is 48.0 Å². The highest BCUT2D eigenvalue weighted by Gasteiger charge is 2.30. The number of nitrogens with zero attached hydrogens (tertiary/aromatic N) is 7. The van der Waals surface area contributed by atoms with Crippen LogP contribution >= 0.6 is 11.3 Å². The van der Waals surface area contributed by atoms with Gasteiger partial charge in [0.1, 0.15) is 10.7 Å². The van der Waals surface area contributed by atoms with E-state index in [0.717, 1.165) is 40.3 Å². The molecule has 1 amide bonds. The minimum absolute atomic E-state index is 0.211. The molecule has 1 saturated heterocycles. The standard InChI is InChI=1S/C21H22N8OS/c1-27(2)16-11-29(12-16)21-24-9-18(31-21)20(30)26-19-5-13-4-14(6-22-17(13)8-23-19)15-7-25-28(3)10-15/h4-10,16H,11-12H2,1-3H3,(H,23,26,30). The second-order valence-electron chi connectivity index (χ2n) is 7.87. The quantitative estimate of drug-likeness (QED) is 0.516. The molecule has 1 aliphatic rings. The van der Waals surface area contributed by atoms with Gasteiger partial charge in [0, 0.05) is 55.1 Å². The summed E-state index contributed by atoms with van der Waals surface area (Å²) < 4.78 is 1.75. The van der Waals surface area contributed by atoms with Gasteiger partial charge in [-0.15, -0.1) is 0 Å². The number of aromatic nitrogens is 5. The van der Waals surface area contributed by atoms with Crippen molar-refractivity contribution < 1.29 is 4.79 Å². The Morgan fingerprint density at radius 2 is 1.94 bits per heavy atom. The van der Waals surface area contributed by atoms with Gasteiger partial charge in [0.25, 0.3) is 5.91 Å². The fraction of sp³-hybridized carbons (Fsp3) is 0.286. The molecule has 0 aromatic carbocycles. The van der Waals surface area contributed by atoms with Crippen molar-refractivity contribution in [1.29, 1.82) is 0 Å². The lowest BCUT2D eigenvalue weighted by Gasteiger charge is -2.42. The monoisotopic (exact) mass is 434 g/mol. The summed E-state index contributed by atoms with van der Waals surface area (Å²) in [6, 6.07) is 4.39. The van der Waals surface area contributed by atoms with Crippen LogP contribution < -0.4 is 10.2 Å². The Labute approximate surface area is 183 Å². The van der Waals surface area contributed by atoms with Crippen LogP contribution in [0.25, 0.3) is 22.0 Å². The third-order valence-electron chi connectivity index (χ3n) is 5.43. The minimum Gasteiger partial charge on any atom is -0.345 e. The molecular weight excluding hydrogens is 412 g/mol. The molecule has 158 valence electrons. The molecule has 0 aliphatic carbocycles. The molecule has 0 spiro atoms. The van der Waals surface area contributed by atoms with E-state index in [1.165, 1.54) is 11.3 Å². The smallest absolute Gasteiger partial charge is 0.268 e. The summed E-state index contributed by atoms with van der Waals surface area (Å²) in [5.41, 5.74) is 2.71. The van der Waals surface area contributed by atoms with Crippen molar-refractivity contribution >= 4 is 39.1 Å². The fourth-order valence-electron chi connectivity index (χ4n) is 3.46. The predicted molar refractivity (Wildman–Crippen MR) is 121 cm³/mol. The Kier molecular flexibility index (Phi) is 4.87. The van der Waals surface area contributed by atoms with Crippen LogP contribution in [-0.2, 0) is 7.05 Å². The average Bonchev–Trinajstić information content (AvgIpc) is 3.35. The van der Waals surface area contributed by atoms with Gasteiger partial charge in [-0.1, -0.05) is 11.3 Å². The van der Waals surface area contributed by atoms with Crippen molar-refractivity contribution in [1.82, 2.24) is 29.6 Å². The number of pyridine rings is 2. The summed E-state index contributed by atoms with van der Waals surface area (Å²) >= 11 is 1.40. The van der Waals surface area contributed by atoms with Crippen LogP contribution in [0.4, 0.5) is 10.9 Å². The third kappa shape index (κ3) is 3.87. The molecule has 0 unspecified atom stereocenters. The molecule has 1 N–H and O–H groups in total. The predicted octanol–water partition coefficient (Wildman–Crippen LogP) is 2.49. The van der Waals surface area contributed by atoms with Crippen LogP contribution in [0.5, 0.6) is 0 Å². The summed E-state index contributed by atoms with van der Waals surface area (Å²) in [6.45, 7) is 1.86. The third-order valence-corrected chi connectivity index (χ3v) is 6.48. The number of nitrogens with one attached hydrogen (secondary N) is 1. The molecule has 31 heavy (non-hydrogen) atoms. The molecule has 0 bridgehead atoms. The number of fused-ring (bicyclic) bond motifs is 1. The largest absolute Gasteiger partial charge is 0.345 e. The molecule has 4 aromatic heterocycles. The van der Waals surface area contributed by atoms with E-state index in [-0.39, 0.29) is 5.91 Å². The van der Waals surface area contributed by atoms with E-state index in [4.69, 9.17) is 0 Å². The first-order chi connectivity index (χ1) is 15.0. The number of hydrogen-bond donors (Lipinski definition) is 1. The normalized spacial score (nSPS) is 14.3. The molecule has 1 fully saturated rings. The van der Waals surface area contributed by atoms with E-state index in [1.54, 1.807) is 29.5 Å². The van der Waals surface area contributed by atoms with Gasteiger partial charge >= 0.3 is 0 Å². The van der Waals surface area contributed by atoms with Crippen molar-refractivity contribution in [2.24, 2.45) is 7.05 Å². The van der Waals surface area contributed by atoms with Crippen LogP contribution in [0.2, 0.25) is 0 Å². The summed E-state index contributed by atoms with van der Waals surface area (Å²) in [6.07, 6.45) is 8.83. The molecule has 4 aromatic rings. The number of likely N-dealkylation sites (N-methyl/N-ethyl adjacent to an activating group) is 1. The number of aryl methyl sites for hydroxylation is 1. The first-order valence-corrected chi connectivity index (χ1v) is 10.7. The summed E-state index contributed by atoms with van der Waals surface area (Å²) in [5, 5.41) is 8.86. The Hall–Kier alpha value is -3.37. The maximum absolute atomic E-state index is 12.7. The van der Waals surface area contributed by atoms with Gasteiger partial charge in [-0.2, -0.15) is 5.10 Å². The van der Waals surface area contributed by atoms with Crippen molar-refractivity contribution in [3.8, 4) is 11.1 Å². The van der Waals surface area contributed by atoms with E-state index in [9.17, 15) is 4.79 Å². The SMILES string of the molecule is CN(C)C1CN(c2ncc(C(=O)Nc3cc4cc(-c5cnn(C)c5)cnc4cn3)s2)C1. The van der Waals surface area contributed by atoms with Crippen molar-refractivity contribution in [2.75, 3.05) is 37.4 Å². The van der Waals surface area contributed by atoms with Crippen LogP contribution in [0.3, 0.4) is 0 Å². The summed E-state index contributed by atoms with van der Waals surface area (Å²) in [5.74, 6) is 0.269. The van der Waals surface area contributed by atoms with E-state index in [0.29, 0.717) is 16.7 Å². The van der Waals surface area contributed by atoms with E-state index in [1.807, 2.05) is 25.4 Å². The molecule has 9 nitrogen and oxygen atoms in total. The summed E-state index contributed by atoms with van der Waals surface area (Å²) in [7, 11) is 6.03. The maximum Gasteiger partial charge on any atom is 0.268 e. The first kappa shape index (κ1) is 19.6. The Morgan fingerprint density at radius 3 is 2.68 bits per heavy atom. The molecule has 5 rings (SSSR count). The second kappa shape index (κ2) is 7.71. The van der Waals surface area contributed by atoms with E-state index in [2.05, 4.69) is 49.3 Å². The number of amides is 1. The lowest BCUT2D eigenvalue weighted by Crippen LogP contribution is -2.57. The Balaban J connectivity index is 1.31. The zero-order chi connectivity index (χ0) is 21.5. The topological polar surface area (TPSA) is 92.1 Å². The highest BCUT2D eigenvalue weighted by molar-refractivity contribution is 7.17. The molecule has 10 heteroatoms. The Morgan fingerprint density at radius 1 is 1.10 bits per heavy atom. The van der Waals surface area contributed by atoms with Gasteiger partial charge in [0.05, 0.1) is 24.1 Å². The lowest BCUT2D eigenvalue weighted by atomic mass is 10.1. The van der Waals surface area contributed by atoms with Crippen LogP contribution in [-0.4, -0.2) is 68.8 Å². The average molecular weight is 435 g/mol. The molecule has 0 radical (unpaired) electrons. The summed E-state index contributed by atoms with van der Waals surface area (Å²) in [4.78, 5) is 30.9. The molecule has 5 heterocycles. The number of rotatable bonds is 5. The minimum atomic E-state index is -0.211. The number of anilines is 2. The molecular formula is C21H22N8OS. The lowest BCUT2D eigenvalue weighted by molar-refractivity contribution is 0.103. The van der Waals surface area contributed by atoms with Gasteiger partial charge in [-0.05, 0) is 26.2 Å². The van der Waals surface area contributed by atoms with Gasteiger partial charge in [0.15, 0.2) is 5.13 Å². The fourth-order valence-corrected chi connectivity index (χ4v) is 4.29. The highest BCUT2D eigenvalue weighted by atomic mass is 32.1. The molecule has 1 aliphatic heterocycles. The molecule has 0 saturated carbocycles. The first-order valence-electron chi connectivity index (χ1n) is 9.89. The number of thiazole rings is 1. The van der Waals surface area contributed by atoms with Gasteiger partial charge in [-0.25, -0.2) is 9.97 Å². The number of hydrogen-bond acceptors (Lipinski definition) is 8. The second-order valence-corrected chi connectivity index (χ2v) is 8.88. The zero-order valence-corrected chi connectivity index (χ0v) is 18.3. The van der Waals surface area contributed by atoms with Gasteiger partial charge in [-0.3, -0.25) is 14.5 Å². The maximum atomic E-state index is 12.7. The Bertz CT molecular complexity index is 1260. The van der Waals surface area contributed by atoms with Gasteiger partial charge < -0.3 is 15.1 Å². The highest BCUT2D eigenvalue weighted by Crippen LogP contribution is 2.28. The zero-order valence-electron chi connectivity index (χ0n) is 17.5. The van der Waals surface area contributed by atoms with Crippen LogP contribution in [0, 0.1) is 0 Å². The number of carbonyl (C=O) groups is 1. The van der Waals surface area contributed by atoms with Gasteiger partial charge in [0.2, 0.25) is 0 Å².